The molecule has 0 radical (unpaired) electrons. The molecular weight excluding hydrogens is 350 g/mol. The summed E-state index contributed by atoms with van der Waals surface area (Å²) >= 11 is 0. The normalized spacial score (nSPS) is 13.4. The van der Waals surface area contributed by atoms with Crippen LogP contribution in [-0.2, 0) is 0 Å². The van der Waals surface area contributed by atoms with Gasteiger partial charge in [0, 0.05) is 43.4 Å². The molecule has 1 amide bonds. The van der Waals surface area contributed by atoms with Crippen molar-refractivity contribution in [3.05, 3.63) is 72.6 Å². The molecule has 1 saturated heterocycles. The maximum Gasteiger partial charge on any atom is 0.274 e. The van der Waals surface area contributed by atoms with Gasteiger partial charge in [0.25, 0.3) is 5.91 Å². The number of nitrogens with one attached hydrogen (secondary N) is 1. The van der Waals surface area contributed by atoms with E-state index in [0.29, 0.717) is 11.6 Å². The summed E-state index contributed by atoms with van der Waals surface area (Å²) in [5.74, 6) is 0.224. The molecule has 28 heavy (non-hydrogen) atoms. The second kappa shape index (κ2) is 8.08. The van der Waals surface area contributed by atoms with E-state index < -0.39 is 0 Å². The third kappa shape index (κ3) is 3.96. The molecule has 1 aliphatic heterocycles. The van der Waals surface area contributed by atoms with E-state index in [-0.39, 0.29) is 5.91 Å². The molecule has 1 fully saturated rings. The van der Waals surface area contributed by atoms with Crippen molar-refractivity contribution in [2.75, 3.05) is 35.3 Å². The number of carbonyl (C=O) groups excluding carboxylic acids is 1. The van der Waals surface area contributed by atoms with Gasteiger partial charge in [0.1, 0.15) is 5.69 Å². The van der Waals surface area contributed by atoms with Crippen LogP contribution in [0, 0.1) is 0 Å². The maximum atomic E-state index is 12.6. The van der Waals surface area contributed by atoms with Gasteiger partial charge in [0.15, 0.2) is 0 Å². The summed E-state index contributed by atoms with van der Waals surface area (Å²) in [7, 11) is 1.88. The molecule has 2 heterocycles. The second-order valence-corrected chi connectivity index (χ2v) is 6.83. The highest BCUT2D eigenvalue weighted by molar-refractivity contribution is 6.03. The lowest BCUT2D eigenvalue weighted by atomic mass is 10.2. The molecule has 6 heteroatoms. The standard InChI is InChI=1S/C22H23N5O/c1-26(18-7-3-2-4-8-18)22-23-14-13-20(25-22)21(28)24-17-9-11-19(12-10-17)27-15-5-6-16-27/h2-4,7-14H,5-6,15-16H2,1H3,(H,24,28). The average molecular weight is 373 g/mol. The minimum Gasteiger partial charge on any atom is -0.372 e. The molecule has 0 spiro atoms. The molecule has 0 atom stereocenters. The Morgan fingerprint density at radius 1 is 1.00 bits per heavy atom. The number of benzene rings is 2. The first-order valence-corrected chi connectivity index (χ1v) is 9.49. The number of rotatable bonds is 5. The zero-order valence-corrected chi connectivity index (χ0v) is 15.9. The number of nitrogens with zero attached hydrogens (tertiary/aromatic N) is 4. The van der Waals surface area contributed by atoms with Gasteiger partial charge in [-0.1, -0.05) is 18.2 Å². The number of para-hydroxylation sites is 1. The Hall–Kier alpha value is -3.41. The number of aromatic nitrogens is 2. The van der Waals surface area contributed by atoms with E-state index in [1.165, 1.54) is 18.5 Å². The number of carbonyl (C=O) groups is 1. The van der Waals surface area contributed by atoms with Crippen LogP contribution in [0.1, 0.15) is 23.3 Å². The Bertz CT molecular complexity index is 937. The average Bonchev–Trinajstić information content (AvgIpc) is 3.29. The van der Waals surface area contributed by atoms with Gasteiger partial charge in [-0.15, -0.1) is 0 Å². The molecule has 1 aromatic heterocycles. The van der Waals surface area contributed by atoms with Crippen molar-refractivity contribution in [2.45, 2.75) is 12.8 Å². The molecule has 142 valence electrons. The van der Waals surface area contributed by atoms with E-state index in [0.717, 1.165) is 24.5 Å². The number of amides is 1. The Morgan fingerprint density at radius 2 is 1.71 bits per heavy atom. The van der Waals surface area contributed by atoms with Gasteiger partial charge in [0.2, 0.25) is 5.95 Å². The molecule has 2 aromatic carbocycles. The topological polar surface area (TPSA) is 61.4 Å². The van der Waals surface area contributed by atoms with Crippen LogP contribution in [0.3, 0.4) is 0 Å². The first-order valence-electron chi connectivity index (χ1n) is 9.49. The van der Waals surface area contributed by atoms with Gasteiger partial charge in [-0.2, -0.15) is 0 Å². The fourth-order valence-corrected chi connectivity index (χ4v) is 3.33. The van der Waals surface area contributed by atoms with Crippen LogP contribution >= 0.6 is 0 Å². The molecule has 1 N–H and O–H groups in total. The summed E-state index contributed by atoms with van der Waals surface area (Å²) in [6, 6.07) is 19.4. The molecule has 0 bridgehead atoms. The van der Waals surface area contributed by atoms with Crippen LogP contribution in [0.25, 0.3) is 0 Å². The zero-order chi connectivity index (χ0) is 19.3. The summed E-state index contributed by atoms with van der Waals surface area (Å²) in [4.78, 5) is 25.6. The van der Waals surface area contributed by atoms with Gasteiger partial charge in [-0.25, -0.2) is 9.97 Å². The Morgan fingerprint density at radius 3 is 2.43 bits per heavy atom. The molecule has 6 nitrogen and oxygen atoms in total. The first-order chi connectivity index (χ1) is 13.7. The van der Waals surface area contributed by atoms with Crippen molar-refractivity contribution < 1.29 is 4.79 Å². The predicted molar refractivity (Wildman–Crippen MR) is 112 cm³/mol. The lowest BCUT2D eigenvalue weighted by Gasteiger charge is -2.18. The van der Waals surface area contributed by atoms with Crippen LogP contribution < -0.4 is 15.1 Å². The fraction of sp³-hybridized carbons (Fsp3) is 0.227. The predicted octanol–water partition coefficient (Wildman–Crippen LogP) is 4.10. The third-order valence-corrected chi connectivity index (χ3v) is 4.92. The first kappa shape index (κ1) is 18.0. The number of hydrogen-bond acceptors (Lipinski definition) is 5. The van der Waals surface area contributed by atoms with Gasteiger partial charge < -0.3 is 15.1 Å². The monoisotopic (exact) mass is 373 g/mol. The second-order valence-electron chi connectivity index (χ2n) is 6.83. The van der Waals surface area contributed by atoms with Crippen LogP contribution in [0.4, 0.5) is 23.0 Å². The van der Waals surface area contributed by atoms with E-state index >= 15 is 0 Å². The van der Waals surface area contributed by atoms with Gasteiger partial charge >= 0.3 is 0 Å². The lowest BCUT2D eigenvalue weighted by Crippen LogP contribution is -2.19. The summed E-state index contributed by atoms with van der Waals surface area (Å²) in [5, 5.41) is 2.92. The molecule has 4 rings (SSSR count). The molecule has 1 aliphatic rings. The Kier molecular flexibility index (Phi) is 5.19. The fourth-order valence-electron chi connectivity index (χ4n) is 3.33. The summed E-state index contributed by atoms with van der Waals surface area (Å²) in [6.07, 6.45) is 4.09. The van der Waals surface area contributed by atoms with Crippen molar-refractivity contribution in [3.63, 3.8) is 0 Å². The van der Waals surface area contributed by atoms with E-state index in [1.807, 2.05) is 54.4 Å². The minimum atomic E-state index is -0.251. The van der Waals surface area contributed by atoms with E-state index in [1.54, 1.807) is 12.3 Å². The number of anilines is 4. The van der Waals surface area contributed by atoms with Crippen LogP contribution in [0.5, 0.6) is 0 Å². The molecule has 0 unspecified atom stereocenters. The van der Waals surface area contributed by atoms with Crippen molar-refractivity contribution in [1.29, 1.82) is 0 Å². The number of hydrogen-bond donors (Lipinski definition) is 1. The largest absolute Gasteiger partial charge is 0.372 e. The summed E-state index contributed by atoms with van der Waals surface area (Å²) < 4.78 is 0. The highest BCUT2D eigenvalue weighted by Gasteiger charge is 2.14. The summed E-state index contributed by atoms with van der Waals surface area (Å²) in [6.45, 7) is 2.20. The van der Waals surface area contributed by atoms with Crippen LogP contribution in [0.15, 0.2) is 66.9 Å². The lowest BCUT2D eigenvalue weighted by molar-refractivity contribution is 0.102. The van der Waals surface area contributed by atoms with E-state index in [9.17, 15) is 4.79 Å². The van der Waals surface area contributed by atoms with Crippen molar-refractivity contribution >= 4 is 28.9 Å². The molecule has 0 aliphatic carbocycles. The highest BCUT2D eigenvalue weighted by Crippen LogP contribution is 2.23. The van der Waals surface area contributed by atoms with Crippen LogP contribution in [0.2, 0.25) is 0 Å². The van der Waals surface area contributed by atoms with Gasteiger partial charge in [-0.3, -0.25) is 4.79 Å². The SMILES string of the molecule is CN(c1ccccc1)c1nccc(C(=O)Nc2ccc(N3CCCC3)cc2)n1. The summed E-state index contributed by atoms with van der Waals surface area (Å²) in [5.41, 5.74) is 3.24. The molecular formula is C22H23N5O. The van der Waals surface area contributed by atoms with Gasteiger partial charge in [-0.05, 0) is 55.3 Å². The molecule has 0 saturated carbocycles. The van der Waals surface area contributed by atoms with Crippen LogP contribution in [-0.4, -0.2) is 36.0 Å². The van der Waals surface area contributed by atoms with E-state index in [2.05, 4.69) is 32.3 Å². The van der Waals surface area contributed by atoms with Crippen molar-refractivity contribution in [2.24, 2.45) is 0 Å². The molecule has 3 aromatic rings. The minimum absolute atomic E-state index is 0.251. The Balaban J connectivity index is 1.46. The Labute approximate surface area is 164 Å². The van der Waals surface area contributed by atoms with Gasteiger partial charge in [0.05, 0.1) is 0 Å². The van der Waals surface area contributed by atoms with Crippen molar-refractivity contribution in [1.82, 2.24) is 9.97 Å². The van der Waals surface area contributed by atoms with E-state index in [4.69, 9.17) is 0 Å². The quantitative estimate of drug-likeness (QED) is 0.730. The van der Waals surface area contributed by atoms with Crippen molar-refractivity contribution in [3.8, 4) is 0 Å². The maximum absolute atomic E-state index is 12.6. The smallest absolute Gasteiger partial charge is 0.274 e. The highest BCUT2D eigenvalue weighted by atomic mass is 16.1. The zero-order valence-electron chi connectivity index (χ0n) is 15.9. The third-order valence-electron chi connectivity index (χ3n) is 4.92.